The molecule has 2 fully saturated rings. The predicted molar refractivity (Wildman–Crippen MR) is 129 cm³/mol. The molecule has 0 atom stereocenters. The van der Waals surface area contributed by atoms with Gasteiger partial charge in [0.1, 0.15) is 17.0 Å². The van der Waals surface area contributed by atoms with Crippen LogP contribution in [0.5, 0.6) is 0 Å². The number of hydrogen-bond donors (Lipinski definition) is 0. The summed E-state index contributed by atoms with van der Waals surface area (Å²) < 4.78 is 46.6. The van der Waals surface area contributed by atoms with Crippen LogP contribution in [0.4, 0.5) is 13.2 Å². The lowest BCUT2D eigenvalue weighted by molar-refractivity contribution is -0.152. The zero-order valence-electron chi connectivity index (χ0n) is 20.3. The van der Waals surface area contributed by atoms with E-state index in [1.54, 1.807) is 27.7 Å². The van der Waals surface area contributed by atoms with E-state index >= 15 is 0 Å². The van der Waals surface area contributed by atoms with E-state index in [1.807, 2.05) is 0 Å². The maximum Gasteiger partial charge on any atom is 0.390 e. The Morgan fingerprint density at radius 2 is 1.89 bits per heavy atom. The minimum Gasteiger partial charge on any atom is -0.459 e. The number of ether oxygens (including phenoxy) is 1. The zero-order chi connectivity index (χ0) is 25.8. The third-order valence-corrected chi connectivity index (χ3v) is 8.11. The first-order chi connectivity index (χ1) is 16.2. The van der Waals surface area contributed by atoms with Crippen molar-refractivity contribution in [1.82, 2.24) is 9.13 Å². The molecule has 0 unspecified atom stereocenters. The summed E-state index contributed by atoms with van der Waals surface area (Å²) in [4.78, 5) is 43.5. The van der Waals surface area contributed by atoms with Crippen molar-refractivity contribution < 1.29 is 22.7 Å². The van der Waals surface area contributed by atoms with Crippen molar-refractivity contribution in [2.75, 3.05) is 6.54 Å². The van der Waals surface area contributed by atoms with E-state index in [0.717, 1.165) is 35.2 Å². The van der Waals surface area contributed by atoms with Gasteiger partial charge in [0.25, 0.3) is 5.56 Å². The van der Waals surface area contributed by atoms with Crippen LogP contribution in [0.2, 0.25) is 0 Å². The fourth-order valence-corrected chi connectivity index (χ4v) is 6.26. The molecule has 0 bridgehead atoms. The van der Waals surface area contributed by atoms with Gasteiger partial charge in [0.15, 0.2) is 0 Å². The lowest BCUT2D eigenvalue weighted by Crippen LogP contribution is -2.51. The number of carbonyl (C=O) groups is 1. The smallest absolute Gasteiger partial charge is 0.390 e. The summed E-state index contributed by atoms with van der Waals surface area (Å²) >= 11 is 1.04. The molecule has 0 aliphatic heterocycles. The molecular weight excluding hydrogens is 483 g/mol. The molecule has 0 N–H and O–H groups in total. The first-order valence-corrected chi connectivity index (χ1v) is 12.6. The second-order valence-corrected chi connectivity index (χ2v) is 11.7. The van der Waals surface area contributed by atoms with Crippen LogP contribution in [0, 0.1) is 12.3 Å². The third kappa shape index (κ3) is 5.24. The lowest BCUT2D eigenvalue weighted by atomic mass is 9.54. The summed E-state index contributed by atoms with van der Waals surface area (Å²) in [5, 5.41) is 0.241. The van der Waals surface area contributed by atoms with Gasteiger partial charge in [-0.2, -0.15) is 13.2 Å². The number of carbonyl (C=O) groups excluding carboxylic acids is 1. The Bertz CT molecular complexity index is 1280. The monoisotopic (exact) mass is 513 g/mol. The Hall–Kier alpha value is -2.43. The largest absolute Gasteiger partial charge is 0.459 e. The molecule has 7 nitrogen and oxygen atoms in total. The average Bonchev–Trinajstić information content (AvgIpc) is 2.96. The molecule has 2 aromatic heterocycles. The van der Waals surface area contributed by atoms with Crippen molar-refractivity contribution in [2.24, 2.45) is 10.4 Å². The number of alkyl halides is 3. The van der Waals surface area contributed by atoms with Gasteiger partial charge in [-0.05, 0) is 64.4 Å². The van der Waals surface area contributed by atoms with Crippen LogP contribution < -0.4 is 11.2 Å². The van der Waals surface area contributed by atoms with Crippen molar-refractivity contribution in [1.29, 1.82) is 0 Å². The van der Waals surface area contributed by atoms with Gasteiger partial charge in [0, 0.05) is 18.8 Å². The fraction of sp³-hybridized carbons (Fsp3) is 0.667. The normalized spacial score (nSPS) is 18.3. The molecule has 0 aromatic carbocycles. The maximum absolute atomic E-state index is 13.4. The topological polar surface area (TPSA) is 82.7 Å². The van der Waals surface area contributed by atoms with E-state index in [4.69, 9.17) is 4.74 Å². The maximum atomic E-state index is 13.4. The van der Waals surface area contributed by atoms with Crippen LogP contribution in [-0.4, -0.2) is 39.6 Å². The van der Waals surface area contributed by atoms with Crippen molar-refractivity contribution in [3.8, 4) is 0 Å². The van der Waals surface area contributed by atoms with Crippen LogP contribution in [0.15, 0.2) is 14.6 Å². The minimum absolute atomic E-state index is 0.186. The molecule has 11 heteroatoms. The molecule has 2 aromatic rings. The molecule has 4 rings (SSSR count). The number of fused-ring (bicyclic) bond motifs is 1. The SMILES string of the molecule is Cc1c(C=NCC(=O)OC(C)(C)C)sc2c1c(=O)n(C1CC3(CCC3)C1)c(=O)n2CCC(F)(F)F. The highest BCUT2D eigenvalue weighted by atomic mass is 32.1. The molecule has 0 saturated heterocycles. The number of aryl methyl sites for hydroxylation is 2. The summed E-state index contributed by atoms with van der Waals surface area (Å²) in [6.45, 7) is 6.11. The van der Waals surface area contributed by atoms with E-state index in [0.29, 0.717) is 23.3 Å². The van der Waals surface area contributed by atoms with E-state index in [1.165, 1.54) is 10.8 Å². The molecule has 2 saturated carbocycles. The highest BCUT2D eigenvalue weighted by molar-refractivity contribution is 7.20. The van der Waals surface area contributed by atoms with Crippen molar-refractivity contribution in [3.05, 3.63) is 31.3 Å². The van der Waals surface area contributed by atoms with Gasteiger partial charge < -0.3 is 4.74 Å². The predicted octanol–water partition coefficient (Wildman–Crippen LogP) is 4.75. The minimum atomic E-state index is -4.44. The molecular formula is C24H30F3N3O4S. The van der Waals surface area contributed by atoms with E-state index in [-0.39, 0.29) is 28.2 Å². The van der Waals surface area contributed by atoms with Gasteiger partial charge >= 0.3 is 17.8 Å². The summed E-state index contributed by atoms with van der Waals surface area (Å²) in [5.74, 6) is -0.521. The van der Waals surface area contributed by atoms with Crippen LogP contribution in [-0.2, 0) is 16.1 Å². The number of esters is 1. The molecule has 2 aliphatic rings. The number of aliphatic imine (C=N–C) groups is 1. The van der Waals surface area contributed by atoms with Gasteiger partial charge in [-0.15, -0.1) is 11.3 Å². The molecule has 2 heterocycles. The van der Waals surface area contributed by atoms with E-state index in [9.17, 15) is 27.6 Å². The van der Waals surface area contributed by atoms with Crippen LogP contribution in [0.1, 0.15) is 75.8 Å². The highest BCUT2D eigenvalue weighted by Gasteiger charge is 2.49. The molecule has 0 amide bonds. The Kier molecular flexibility index (Phi) is 6.53. The van der Waals surface area contributed by atoms with E-state index in [2.05, 4.69) is 4.99 Å². The first-order valence-electron chi connectivity index (χ1n) is 11.8. The van der Waals surface area contributed by atoms with Gasteiger partial charge in [0.2, 0.25) is 0 Å². The van der Waals surface area contributed by atoms with E-state index < -0.39 is 42.0 Å². The summed E-state index contributed by atoms with van der Waals surface area (Å²) in [6.07, 6.45) is 0.486. The number of hydrogen-bond acceptors (Lipinski definition) is 6. The quantitative estimate of drug-likeness (QED) is 0.412. The second-order valence-electron chi connectivity index (χ2n) is 10.7. The molecule has 2 aliphatic carbocycles. The first kappa shape index (κ1) is 25.7. The third-order valence-electron chi connectivity index (χ3n) is 6.86. The van der Waals surface area contributed by atoms with Crippen molar-refractivity contribution >= 4 is 33.7 Å². The number of halogens is 3. The van der Waals surface area contributed by atoms with Crippen LogP contribution in [0.3, 0.4) is 0 Å². The molecule has 192 valence electrons. The molecule has 1 spiro atoms. The summed E-state index contributed by atoms with van der Waals surface area (Å²) in [5.41, 5.74) is -1.09. The second kappa shape index (κ2) is 8.90. The highest BCUT2D eigenvalue weighted by Crippen LogP contribution is 2.59. The number of nitrogens with zero attached hydrogens (tertiary/aromatic N) is 3. The standard InChI is InChI=1S/C24H30F3N3O4S/c1-14-16(12-28-13-17(31)34-22(2,3)4)35-20-18(14)19(32)30(15-10-23(11-15)6-5-7-23)21(33)29(20)9-8-24(25,26)27/h12,15H,5-11,13H2,1-4H3. The van der Waals surface area contributed by atoms with Gasteiger partial charge in [0.05, 0.1) is 16.7 Å². The van der Waals surface area contributed by atoms with Gasteiger partial charge in [-0.1, -0.05) is 6.42 Å². The van der Waals surface area contributed by atoms with Gasteiger partial charge in [-0.3, -0.25) is 23.7 Å². The van der Waals surface area contributed by atoms with Crippen molar-refractivity contribution in [3.63, 3.8) is 0 Å². The van der Waals surface area contributed by atoms with Crippen LogP contribution in [0.25, 0.3) is 10.2 Å². The summed E-state index contributed by atoms with van der Waals surface area (Å²) in [6, 6.07) is -0.291. The summed E-state index contributed by atoms with van der Waals surface area (Å²) in [7, 11) is 0. The average molecular weight is 514 g/mol. The Morgan fingerprint density at radius 1 is 1.23 bits per heavy atom. The number of thiophene rings is 1. The fourth-order valence-electron chi connectivity index (χ4n) is 5.05. The number of rotatable bonds is 6. The zero-order valence-corrected chi connectivity index (χ0v) is 21.1. The Balaban J connectivity index is 1.72. The lowest BCUT2D eigenvalue weighted by Gasteiger charge is -2.54. The Labute approximate surface area is 204 Å². The van der Waals surface area contributed by atoms with Gasteiger partial charge in [-0.25, -0.2) is 4.79 Å². The van der Waals surface area contributed by atoms with Crippen LogP contribution >= 0.6 is 11.3 Å². The Morgan fingerprint density at radius 3 is 2.43 bits per heavy atom. The molecule has 0 radical (unpaired) electrons. The number of aromatic nitrogens is 2. The molecule has 35 heavy (non-hydrogen) atoms. The van der Waals surface area contributed by atoms with Crippen molar-refractivity contribution in [2.45, 2.75) is 90.6 Å².